The number of anilines is 2. The third-order valence-corrected chi connectivity index (χ3v) is 5.36. The molecule has 0 amide bonds. The summed E-state index contributed by atoms with van der Waals surface area (Å²) in [6.07, 6.45) is -1.57. The number of imidazole rings is 1. The van der Waals surface area contributed by atoms with Gasteiger partial charge in [0.25, 0.3) is 0 Å². The van der Waals surface area contributed by atoms with Crippen molar-refractivity contribution in [2.45, 2.75) is 37.4 Å². The van der Waals surface area contributed by atoms with Crippen LogP contribution in [0.4, 0.5) is 11.8 Å². The Morgan fingerprint density at radius 2 is 1.74 bits per heavy atom. The second kappa shape index (κ2) is 9.12. The van der Waals surface area contributed by atoms with Crippen LogP contribution in [0.2, 0.25) is 0 Å². The first kappa shape index (κ1) is 21.4. The largest absolute Gasteiger partial charge is 0.396 e. The molecule has 3 heterocycles. The summed E-state index contributed by atoms with van der Waals surface area (Å²) >= 11 is 0. The lowest BCUT2D eigenvalue weighted by atomic mass is 10.1. The van der Waals surface area contributed by atoms with E-state index in [9.17, 15) is 15.3 Å². The first-order valence-electron chi connectivity index (χ1n) is 10.1. The number of benzene rings is 1. The van der Waals surface area contributed by atoms with Crippen LogP contribution in [0.5, 0.6) is 0 Å². The van der Waals surface area contributed by atoms with E-state index in [1.165, 1.54) is 10.9 Å². The van der Waals surface area contributed by atoms with Crippen molar-refractivity contribution in [3.63, 3.8) is 0 Å². The molecule has 11 heteroatoms. The molecule has 1 aromatic carbocycles. The average Bonchev–Trinajstić information content (AvgIpc) is 3.31. The minimum absolute atomic E-state index is 0.126. The van der Waals surface area contributed by atoms with E-state index in [0.29, 0.717) is 30.1 Å². The van der Waals surface area contributed by atoms with Crippen molar-refractivity contribution in [2.24, 2.45) is 0 Å². The van der Waals surface area contributed by atoms with Crippen molar-refractivity contribution in [2.75, 3.05) is 30.8 Å². The molecule has 2 aromatic heterocycles. The normalized spacial score (nSPS) is 23.5. The average molecular weight is 430 g/mol. The Morgan fingerprint density at radius 1 is 1.03 bits per heavy atom. The van der Waals surface area contributed by atoms with Gasteiger partial charge in [-0.05, 0) is 24.0 Å². The SMILES string of the molecule is Nc1nc(NCCc2ccc(CCO)cc2)nc2c1ncn2[C@@H]1O[C@H](CO)C(O)C1O. The van der Waals surface area contributed by atoms with Crippen molar-refractivity contribution in [3.8, 4) is 0 Å². The lowest BCUT2D eigenvalue weighted by molar-refractivity contribution is -0.0511. The smallest absolute Gasteiger partial charge is 0.226 e. The van der Waals surface area contributed by atoms with Crippen LogP contribution in [-0.4, -0.2) is 78.0 Å². The highest BCUT2D eigenvalue weighted by Crippen LogP contribution is 2.32. The van der Waals surface area contributed by atoms with Crippen LogP contribution in [0.3, 0.4) is 0 Å². The zero-order valence-corrected chi connectivity index (χ0v) is 16.8. The molecule has 4 rings (SSSR count). The summed E-state index contributed by atoms with van der Waals surface area (Å²) < 4.78 is 7.04. The van der Waals surface area contributed by atoms with Crippen LogP contribution in [-0.2, 0) is 17.6 Å². The molecule has 3 aromatic rings. The molecule has 1 aliphatic rings. The minimum atomic E-state index is -1.25. The van der Waals surface area contributed by atoms with Gasteiger partial charge in [0, 0.05) is 13.2 Å². The van der Waals surface area contributed by atoms with Crippen LogP contribution in [0, 0.1) is 0 Å². The lowest BCUT2D eigenvalue weighted by Gasteiger charge is -2.16. The number of aliphatic hydroxyl groups excluding tert-OH is 4. The van der Waals surface area contributed by atoms with Gasteiger partial charge in [0.15, 0.2) is 17.7 Å². The number of hydrogen-bond acceptors (Lipinski definition) is 10. The molecule has 0 aliphatic carbocycles. The number of fused-ring (bicyclic) bond motifs is 1. The van der Waals surface area contributed by atoms with Crippen LogP contribution < -0.4 is 11.1 Å². The maximum absolute atomic E-state index is 10.3. The summed E-state index contributed by atoms with van der Waals surface area (Å²) in [6.45, 7) is 0.264. The number of ether oxygens (including phenoxy) is 1. The first-order chi connectivity index (χ1) is 15.0. The van der Waals surface area contributed by atoms with Gasteiger partial charge in [-0.15, -0.1) is 0 Å². The van der Waals surface area contributed by atoms with Gasteiger partial charge in [0.1, 0.15) is 23.8 Å². The molecule has 4 atom stereocenters. The molecule has 1 saturated heterocycles. The summed E-state index contributed by atoms with van der Waals surface area (Å²) in [5.74, 6) is 0.474. The maximum atomic E-state index is 10.3. The molecule has 1 aliphatic heterocycles. The zero-order chi connectivity index (χ0) is 22.0. The van der Waals surface area contributed by atoms with E-state index in [-0.39, 0.29) is 12.4 Å². The Kier molecular flexibility index (Phi) is 6.30. The Labute approximate surface area is 178 Å². The number of nitrogens with one attached hydrogen (secondary N) is 1. The standard InChI is InChI=1S/C20H26N6O5/c21-17-14-18(26(10-23-14)19-16(30)15(29)13(9-28)31-19)25-20(24-17)22-7-5-11-1-3-12(4-2-11)6-8-27/h1-4,10,13,15-16,19,27-30H,5-9H2,(H3,21,22,24,25)/t13-,15?,16?,19-/m1/s1. The van der Waals surface area contributed by atoms with Gasteiger partial charge >= 0.3 is 0 Å². The van der Waals surface area contributed by atoms with E-state index in [0.717, 1.165) is 17.5 Å². The highest BCUT2D eigenvalue weighted by Gasteiger charge is 2.44. The molecule has 7 N–H and O–H groups in total. The molecule has 0 spiro atoms. The van der Waals surface area contributed by atoms with Gasteiger partial charge < -0.3 is 36.2 Å². The molecule has 0 saturated carbocycles. The van der Waals surface area contributed by atoms with E-state index >= 15 is 0 Å². The summed E-state index contributed by atoms with van der Waals surface area (Å²) in [6, 6.07) is 8.01. The summed E-state index contributed by atoms with van der Waals surface area (Å²) in [4.78, 5) is 12.9. The molecular weight excluding hydrogens is 404 g/mol. The fourth-order valence-corrected chi connectivity index (χ4v) is 3.63. The topological polar surface area (TPSA) is 172 Å². The van der Waals surface area contributed by atoms with Gasteiger partial charge in [-0.3, -0.25) is 4.57 Å². The zero-order valence-electron chi connectivity index (χ0n) is 16.8. The third-order valence-electron chi connectivity index (χ3n) is 5.36. The van der Waals surface area contributed by atoms with E-state index in [2.05, 4.69) is 20.3 Å². The number of nitrogens with zero attached hydrogens (tertiary/aromatic N) is 4. The molecule has 166 valence electrons. The van der Waals surface area contributed by atoms with E-state index < -0.39 is 31.1 Å². The van der Waals surface area contributed by atoms with Crippen molar-refractivity contribution >= 4 is 22.9 Å². The second-order valence-electron chi connectivity index (χ2n) is 7.45. The summed E-state index contributed by atoms with van der Waals surface area (Å²) in [7, 11) is 0. The predicted octanol–water partition coefficient (Wildman–Crippen LogP) is -0.791. The molecule has 1 fully saturated rings. The Hall–Kier alpha value is -2.83. The van der Waals surface area contributed by atoms with Crippen LogP contribution >= 0.6 is 0 Å². The minimum Gasteiger partial charge on any atom is -0.396 e. The summed E-state index contributed by atoms with van der Waals surface area (Å²) in [5.41, 5.74) is 8.93. The number of rotatable bonds is 8. The fourth-order valence-electron chi connectivity index (χ4n) is 3.63. The predicted molar refractivity (Wildman–Crippen MR) is 112 cm³/mol. The van der Waals surface area contributed by atoms with Crippen molar-refractivity contribution in [1.82, 2.24) is 19.5 Å². The van der Waals surface area contributed by atoms with E-state index in [4.69, 9.17) is 15.6 Å². The summed E-state index contributed by atoms with van der Waals surface area (Å²) in [5, 5.41) is 41.8. The van der Waals surface area contributed by atoms with Gasteiger partial charge in [-0.1, -0.05) is 24.3 Å². The third kappa shape index (κ3) is 4.31. The molecule has 31 heavy (non-hydrogen) atoms. The van der Waals surface area contributed by atoms with Crippen LogP contribution in [0.15, 0.2) is 30.6 Å². The molecule has 0 bridgehead atoms. The molecule has 11 nitrogen and oxygen atoms in total. The van der Waals surface area contributed by atoms with Gasteiger partial charge in [0.05, 0.1) is 12.9 Å². The van der Waals surface area contributed by atoms with Crippen molar-refractivity contribution in [3.05, 3.63) is 41.7 Å². The number of aliphatic hydroxyl groups is 4. The molecule has 2 unspecified atom stereocenters. The highest BCUT2D eigenvalue weighted by molar-refractivity contribution is 5.83. The number of nitrogen functional groups attached to an aromatic ring is 1. The quantitative estimate of drug-likeness (QED) is 0.266. The monoisotopic (exact) mass is 430 g/mol. The number of aromatic nitrogens is 4. The van der Waals surface area contributed by atoms with Crippen molar-refractivity contribution < 1.29 is 25.2 Å². The maximum Gasteiger partial charge on any atom is 0.226 e. The Morgan fingerprint density at radius 3 is 2.39 bits per heavy atom. The first-order valence-corrected chi connectivity index (χ1v) is 10.1. The van der Waals surface area contributed by atoms with Gasteiger partial charge in [-0.25, -0.2) is 4.98 Å². The van der Waals surface area contributed by atoms with Crippen LogP contribution in [0.1, 0.15) is 17.4 Å². The van der Waals surface area contributed by atoms with Crippen LogP contribution in [0.25, 0.3) is 11.2 Å². The second-order valence-corrected chi connectivity index (χ2v) is 7.45. The van der Waals surface area contributed by atoms with E-state index in [1.54, 1.807) is 0 Å². The van der Waals surface area contributed by atoms with E-state index in [1.807, 2.05) is 24.3 Å². The number of nitrogens with two attached hydrogens (primary N) is 1. The highest BCUT2D eigenvalue weighted by atomic mass is 16.6. The molecular formula is C20H26N6O5. The lowest BCUT2D eigenvalue weighted by Crippen LogP contribution is -2.33. The molecule has 0 radical (unpaired) electrons. The van der Waals surface area contributed by atoms with Gasteiger partial charge in [-0.2, -0.15) is 9.97 Å². The van der Waals surface area contributed by atoms with Crippen molar-refractivity contribution in [1.29, 1.82) is 0 Å². The Balaban J connectivity index is 1.48. The fraction of sp³-hybridized carbons (Fsp3) is 0.450. The Bertz CT molecular complexity index is 1030. The number of hydrogen-bond donors (Lipinski definition) is 6. The van der Waals surface area contributed by atoms with Gasteiger partial charge in [0.2, 0.25) is 5.95 Å².